The van der Waals surface area contributed by atoms with Crippen molar-refractivity contribution >= 4 is 17.8 Å². The summed E-state index contributed by atoms with van der Waals surface area (Å²) in [6, 6.07) is 2.23. The van der Waals surface area contributed by atoms with Crippen molar-refractivity contribution in [2.45, 2.75) is 90.8 Å². The number of esters is 1. The first-order valence-corrected chi connectivity index (χ1v) is 13.2. The molecule has 2 fully saturated rings. The Kier molecular flexibility index (Phi) is 9.42. The Morgan fingerprint density at radius 3 is 2.30 bits per heavy atom. The van der Waals surface area contributed by atoms with Crippen LogP contribution >= 0.6 is 0 Å². The lowest BCUT2D eigenvalue weighted by molar-refractivity contribution is -0.154. The van der Waals surface area contributed by atoms with Crippen molar-refractivity contribution in [3.05, 3.63) is 23.5 Å². The van der Waals surface area contributed by atoms with Gasteiger partial charge in [0.25, 0.3) is 5.91 Å². The van der Waals surface area contributed by atoms with Crippen LogP contribution in [0.5, 0.6) is 11.5 Å². The van der Waals surface area contributed by atoms with Gasteiger partial charge in [-0.05, 0) is 64.4 Å². The molecule has 0 aromatic heterocycles. The van der Waals surface area contributed by atoms with Gasteiger partial charge in [0.15, 0.2) is 11.6 Å². The molecule has 3 rings (SSSR count). The first-order chi connectivity index (χ1) is 17.5. The maximum absolute atomic E-state index is 14.9. The second kappa shape index (κ2) is 12.1. The molecule has 0 heterocycles. The molecule has 0 radical (unpaired) electrons. The minimum atomic E-state index is -0.629. The summed E-state index contributed by atoms with van der Waals surface area (Å²) in [5.41, 5.74) is -0.425. The average Bonchev–Trinajstić information content (AvgIpc) is 3.33. The van der Waals surface area contributed by atoms with Gasteiger partial charge in [0, 0.05) is 18.2 Å². The Morgan fingerprint density at radius 1 is 1.03 bits per heavy atom. The van der Waals surface area contributed by atoms with E-state index in [1.807, 2.05) is 27.7 Å². The molecule has 0 unspecified atom stereocenters. The molecule has 2 aliphatic rings. The molecular formula is C28H41FN2O6. The normalized spacial score (nSPS) is 26.3. The lowest BCUT2D eigenvalue weighted by atomic mass is 9.75. The second-order valence-corrected chi connectivity index (χ2v) is 11.0. The van der Waals surface area contributed by atoms with Gasteiger partial charge >= 0.3 is 5.97 Å². The summed E-state index contributed by atoms with van der Waals surface area (Å²) >= 11 is 0. The van der Waals surface area contributed by atoms with Crippen LogP contribution in [0.15, 0.2) is 12.1 Å². The zero-order valence-corrected chi connectivity index (χ0v) is 22.8. The molecule has 8 nitrogen and oxygen atoms in total. The molecule has 0 bridgehead atoms. The van der Waals surface area contributed by atoms with E-state index in [9.17, 15) is 18.8 Å². The highest BCUT2D eigenvalue weighted by Crippen LogP contribution is 2.39. The topological polar surface area (TPSA) is 103 Å². The van der Waals surface area contributed by atoms with Crippen molar-refractivity contribution in [2.75, 3.05) is 14.2 Å². The van der Waals surface area contributed by atoms with Crippen molar-refractivity contribution in [2.24, 2.45) is 17.3 Å². The molecule has 2 aliphatic carbocycles. The van der Waals surface area contributed by atoms with E-state index >= 15 is 0 Å². The molecule has 2 N–H and O–H groups in total. The summed E-state index contributed by atoms with van der Waals surface area (Å²) < 4.78 is 31.0. The van der Waals surface area contributed by atoms with Crippen LogP contribution in [0.3, 0.4) is 0 Å². The van der Waals surface area contributed by atoms with E-state index in [0.717, 1.165) is 12.5 Å². The van der Waals surface area contributed by atoms with Gasteiger partial charge in [0.05, 0.1) is 37.2 Å². The highest BCUT2D eigenvalue weighted by molar-refractivity contribution is 5.98. The van der Waals surface area contributed by atoms with Crippen LogP contribution in [0.1, 0.15) is 83.0 Å². The Hall–Kier alpha value is -2.84. The molecule has 206 valence electrons. The molecule has 1 aromatic rings. The number of nitrogens with one attached hydrogen (secondary N) is 2. The van der Waals surface area contributed by atoms with E-state index in [1.165, 1.54) is 20.3 Å². The Bertz CT molecular complexity index is 989. The standard InChI is InChI=1S/C28H41FN2O6/c1-16(2)17(3)30-25(32)19-8-7-9-22(19)31-26(33)20-14-24(21(29)15-23(20)35-5)37-18-10-12-28(4,13-11-18)27(34)36-6/h14-19,22H,7-13H2,1-6H3,(H,30,32)(H,31,33)/t17-,18?,19+,22-,28?/m1/s1. The molecular weight excluding hydrogens is 479 g/mol. The monoisotopic (exact) mass is 520 g/mol. The number of hydrogen-bond donors (Lipinski definition) is 2. The molecule has 2 amide bonds. The van der Waals surface area contributed by atoms with E-state index in [-0.39, 0.29) is 53.0 Å². The smallest absolute Gasteiger partial charge is 0.311 e. The lowest BCUT2D eigenvalue weighted by Crippen LogP contribution is -2.47. The number of methoxy groups -OCH3 is 2. The van der Waals surface area contributed by atoms with E-state index in [0.29, 0.717) is 44.4 Å². The number of carbonyl (C=O) groups is 3. The van der Waals surface area contributed by atoms with Crippen LogP contribution in [0.2, 0.25) is 0 Å². The van der Waals surface area contributed by atoms with E-state index in [1.54, 1.807) is 0 Å². The summed E-state index contributed by atoms with van der Waals surface area (Å²) in [4.78, 5) is 38.2. The van der Waals surface area contributed by atoms with Crippen molar-refractivity contribution in [3.63, 3.8) is 0 Å². The minimum absolute atomic E-state index is 0.0339. The van der Waals surface area contributed by atoms with Gasteiger partial charge < -0.3 is 24.8 Å². The van der Waals surface area contributed by atoms with Gasteiger partial charge in [0.2, 0.25) is 5.91 Å². The molecule has 0 saturated heterocycles. The van der Waals surface area contributed by atoms with E-state index in [4.69, 9.17) is 14.2 Å². The van der Waals surface area contributed by atoms with Crippen LogP contribution in [0.25, 0.3) is 0 Å². The minimum Gasteiger partial charge on any atom is -0.496 e. The van der Waals surface area contributed by atoms with Gasteiger partial charge in [-0.25, -0.2) is 4.39 Å². The summed E-state index contributed by atoms with van der Waals surface area (Å²) in [6.07, 6.45) is 4.18. The SMILES string of the molecule is COC(=O)C1(C)CCC(Oc2cc(C(=O)N[C@@H]3CCC[C@@H]3C(=O)N[C@H](C)C(C)C)c(OC)cc2F)CC1. The summed E-state index contributed by atoms with van der Waals surface area (Å²) in [5.74, 6) is -1.34. The van der Waals surface area contributed by atoms with Gasteiger partial charge in [-0.1, -0.05) is 20.3 Å². The van der Waals surface area contributed by atoms with Gasteiger partial charge in [-0.3, -0.25) is 14.4 Å². The maximum Gasteiger partial charge on any atom is 0.311 e. The van der Waals surface area contributed by atoms with Crippen molar-refractivity contribution < 1.29 is 33.0 Å². The van der Waals surface area contributed by atoms with Crippen molar-refractivity contribution in [3.8, 4) is 11.5 Å². The number of amides is 2. The third-order valence-corrected chi connectivity index (χ3v) is 8.05. The fraction of sp³-hybridized carbons (Fsp3) is 0.679. The van der Waals surface area contributed by atoms with Crippen molar-refractivity contribution in [1.82, 2.24) is 10.6 Å². The van der Waals surface area contributed by atoms with E-state index in [2.05, 4.69) is 10.6 Å². The third kappa shape index (κ3) is 6.73. The third-order valence-electron chi connectivity index (χ3n) is 8.05. The molecule has 2 saturated carbocycles. The number of rotatable bonds is 9. The number of hydrogen-bond acceptors (Lipinski definition) is 6. The highest BCUT2D eigenvalue weighted by Gasteiger charge is 2.39. The predicted octanol–water partition coefficient (Wildman–Crippen LogP) is 4.39. The summed E-state index contributed by atoms with van der Waals surface area (Å²) in [5, 5.41) is 6.03. The highest BCUT2D eigenvalue weighted by atomic mass is 19.1. The van der Waals surface area contributed by atoms with Crippen LogP contribution in [-0.4, -0.2) is 50.2 Å². The zero-order chi connectivity index (χ0) is 27.3. The quantitative estimate of drug-likeness (QED) is 0.468. The van der Waals surface area contributed by atoms with Gasteiger partial charge in [-0.15, -0.1) is 0 Å². The molecule has 0 spiro atoms. The summed E-state index contributed by atoms with van der Waals surface area (Å²) in [7, 11) is 2.75. The van der Waals surface area contributed by atoms with Crippen LogP contribution < -0.4 is 20.1 Å². The maximum atomic E-state index is 14.9. The summed E-state index contributed by atoms with van der Waals surface area (Å²) in [6.45, 7) is 7.93. The van der Waals surface area contributed by atoms with Gasteiger partial charge in [-0.2, -0.15) is 0 Å². The Balaban J connectivity index is 1.71. The molecule has 37 heavy (non-hydrogen) atoms. The molecule has 3 atom stereocenters. The van der Waals surface area contributed by atoms with Crippen LogP contribution in [0, 0.1) is 23.1 Å². The van der Waals surface area contributed by atoms with E-state index < -0.39 is 17.1 Å². The number of carbonyl (C=O) groups excluding carboxylic acids is 3. The molecule has 0 aliphatic heterocycles. The fourth-order valence-corrected chi connectivity index (χ4v) is 5.14. The average molecular weight is 521 g/mol. The number of halogens is 1. The fourth-order valence-electron chi connectivity index (χ4n) is 5.14. The molecule has 1 aromatic carbocycles. The van der Waals surface area contributed by atoms with Gasteiger partial charge in [0.1, 0.15) is 5.75 Å². The van der Waals surface area contributed by atoms with Crippen molar-refractivity contribution in [1.29, 1.82) is 0 Å². The number of ether oxygens (including phenoxy) is 3. The van der Waals surface area contributed by atoms with Crippen LogP contribution in [-0.2, 0) is 14.3 Å². The van der Waals surface area contributed by atoms with Crippen LogP contribution in [0.4, 0.5) is 4.39 Å². The predicted molar refractivity (Wildman–Crippen MR) is 137 cm³/mol. The Morgan fingerprint density at radius 2 is 1.70 bits per heavy atom. The molecule has 9 heteroatoms. The largest absolute Gasteiger partial charge is 0.496 e. The first-order valence-electron chi connectivity index (χ1n) is 13.2. The Labute approximate surface area is 219 Å². The second-order valence-electron chi connectivity index (χ2n) is 11.0. The number of benzene rings is 1. The first kappa shape index (κ1) is 28.7. The lowest BCUT2D eigenvalue weighted by Gasteiger charge is -2.35. The zero-order valence-electron chi connectivity index (χ0n) is 22.8.